The molecule has 0 atom stereocenters. The predicted molar refractivity (Wildman–Crippen MR) is 58.3 cm³/mol. The molecule has 2 aromatic rings. The number of para-hydroxylation sites is 1. The number of ether oxygens (including phenoxy) is 1. The molecular formula is C13H8F2O2. The molecule has 0 radical (unpaired) electrons. The summed E-state index contributed by atoms with van der Waals surface area (Å²) in [5.41, 5.74) is -0.0345. The van der Waals surface area contributed by atoms with Gasteiger partial charge >= 0.3 is 0 Å². The van der Waals surface area contributed by atoms with Crippen molar-refractivity contribution in [3.63, 3.8) is 0 Å². The maximum absolute atomic E-state index is 13.0. The first-order chi connectivity index (χ1) is 8.20. The van der Waals surface area contributed by atoms with Gasteiger partial charge in [0, 0.05) is 6.07 Å². The Morgan fingerprint density at radius 2 is 1.65 bits per heavy atom. The minimum atomic E-state index is -1.08. The van der Waals surface area contributed by atoms with E-state index in [1.165, 1.54) is 0 Å². The average Bonchev–Trinajstić information content (AvgIpc) is 2.35. The summed E-state index contributed by atoms with van der Waals surface area (Å²) in [7, 11) is 0. The van der Waals surface area contributed by atoms with Gasteiger partial charge in [0.15, 0.2) is 17.9 Å². The van der Waals surface area contributed by atoms with E-state index in [1.807, 2.05) is 0 Å². The molecule has 2 rings (SSSR count). The topological polar surface area (TPSA) is 26.3 Å². The monoisotopic (exact) mass is 234 g/mol. The molecular weight excluding hydrogens is 226 g/mol. The largest absolute Gasteiger partial charge is 0.457 e. The third-order valence-corrected chi connectivity index (χ3v) is 2.15. The molecule has 0 saturated carbocycles. The van der Waals surface area contributed by atoms with Gasteiger partial charge in [-0.1, -0.05) is 18.2 Å². The number of carbonyl (C=O) groups is 1. The third-order valence-electron chi connectivity index (χ3n) is 2.15. The van der Waals surface area contributed by atoms with Gasteiger partial charge in [-0.05, 0) is 18.2 Å². The van der Waals surface area contributed by atoms with Crippen LogP contribution >= 0.6 is 0 Å². The van der Waals surface area contributed by atoms with Crippen molar-refractivity contribution < 1.29 is 18.3 Å². The molecule has 4 heteroatoms. The standard InChI is InChI=1S/C13H8F2O2/c14-11-6-9(8-16)13(7-12(11)15)17-10-4-2-1-3-5-10/h1-8H. The quantitative estimate of drug-likeness (QED) is 0.759. The zero-order valence-electron chi connectivity index (χ0n) is 8.69. The van der Waals surface area contributed by atoms with Crippen LogP contribution in [0.15, 0.2) is 42.5 Å². The van der Waals surface area contributed by atoms with E-state index in [0.717, 1.165) is 12.1 Å². The Balaban J connectivity index is 2.38. The Labute approximate surface area is 96.5 Å². The lowest BCUT2D eigenvalue weighted by Crippen LogP contribution is -1.94. The molecule has 0 N–H and O–H groups in total. The lowest BCUT2D eigenvalue weighted by Gasteiger charge is -2.08. The molecule has 0 fully saturated rings. The molecule has 0 aliphatic carbocycles. The third kappa shape index (κ3) is 2.47. The van der Waals surface area contributed by atoms with E-state index in [-0.39, 0.29) is 11.3 Å². The molecule has 0 saturated heterocycles. The number of carbonyl (C=O) groups excluding carboxylic acids is 1. The Morgan fingerprint density at radius 1 is 1.00 bits per heavy atom. The van der Waals surface area contributed by atoms with Crippen LogP contribution in [0.2, 0.25) is 0 Å². The summed E-state index contributed by atoms with van der Waals surface area (Å²) < 4.78 is 31.2. The second-order valence-electron chi connectivity index (χ2n) is 3.34. The molecule has 0 aromatic heterocycles. The molecule has 0 spiro atoms. The summed E-state index contributed by atoms with van der Waals surface area (Å²) in [6.07, 6.45) is 0.417. The van der Waals surface area contributed by atoms with E-state index in [0.29, 0.717) is 12.0 Å². The molecule has 2 nitrogen and oxygen atoms in total. The molecule has 0 unspecified atom stereocenters. The van der Waals surface area contributed by atoms with E-state index in [2.05, 4.69) is 0 Å². The highest BCUT2D eigenvalue weighted by molar-refractivity contribution is 5.79. The fraction of sp³-hybridized carbons (Fsp3) is 0. The summed E-state index contributed by atoms with van der Waals surface area (Å²) in [5.74, 6) is -1.69. The number of rotatable bonds is 3. The summed E-state index contributed by atoms with van der Waals surface area (Å²) in [6, 6.07) is 10.2. The van der Waals surface area contributed by atoms with Crippen LogP contribution in [0.5, 0.6) is 11.5 Å². The van der Waals surface area contributed by atoms with Gasteiger partial charge in [-0.15, -0.1) is 0 Å². The normalized spacial score (nSPS) is 10.0. The minimum absolute atomic E-state index is 0.00917. The molecule has 0 aliphatic heterocycles. The SMILES string of the molecule is O=Cc1cc(F)c(F)cc1Oc1ccccc1. The molecule has 0 amide bonds. The zero-order valence-corrected chi connectivity index (χ0v) is 8.69. The van der Waals surface area contributed by atoms with Gasteiger partial charge in [0.2, 0.25) is 0 Å². The first kappa shape index (κ1) is 11.3. The van der Waals surface area contributed by atoms with E-state index < -0.39 is 11.6 Å². The average molecular weight is 234 g/mol. The smallest absolute Gasteiger partial charge is 0.162 e. The van der Waals surface area contributed by atoms with Crippen molar-refractivity contribution in [2.75, 3.05) is 0 Å². The number of hydrogen-bond acceptors (Lipinski definition) is 2. The number of benzene rings is 2. The van der Waals surface area contributed by atoms with E-state index in [4.69, 9.17) is 4.74 Å². The molecule has 2 aromatic carbocycles. The van der Waals surface area contributed by atoms with Crippen molar-refractivity contribution in [3.8, 4) is 11.5 Å². The van der Waals surface area contributed by atoms with Crippen LogP contribution in [-0.4, -0.2) is 6.29 Å². The van der Waals surface area contributed by atoms with Gasteiger partial charge in [-0.25, -0.2) is 8.78 Å². The predicted octanol–water partition coefficient (Wildman–Crippen LogP) is 3.57. The summed E-state index contributed by atoms with van der Waals surface area (Å²) in [4.78, 5) is 10.7. The van der Waals surface area contributed by atoms with E-state index >= 15 is 0 Å². The second-order valence-corrected chi connectivity index (χ2v) is 3.34. The number of hydrogen-bond donors (Lipinski definition) is 0. The number of aldehydes is 1. The maximum atomic E-state index is 13.0. The minimum Gasteiger partial charge on any atom is -0.457 e. The summed E-state index contributed by atoms with van der Waals surface area (Å²) in [6.45, 7) is 0. The molecule has 0 bridgehead atoms. The first-order valence-corrected chi connectivity index (χ1v) is 4.88. The lowest BCUT2D eigenvalue weighted by atomic mass is 10.2. The molecule has 0 aliphatic rings. The van der Waals surface area contributed by atoms with Gasteiger partial charge in [-0.2, -0.15) is 0 Å². The second kappa shape index (κ2) is 4.74. The highest BCUT2D eigenvalue weighted by Crippen LogP contribution is 2.26. The van der Waals surface area contributed by atoms with Crippen molar-refractivity contribution in [2.24, 2.45) is 0 Å². The van der Waals surface area contributed by atoms with Gasteiger partial charge in [-0.3, -0.25) is 4.79 Å². The van der Waals surface area contributed by atoms with Crippen molar-refractivity contribution >= 4 is 6.29 Å². The first-order valence-electron chi connectivity index (χ1n) is 4.88. The van der Waals surface area contributed by atoms with Crippen molar-refractivity contribution in [1.29, 1.82) is 0 Å². The Bertz CT molecular complexity index is 539. The molecule has 17 heavy (non-hydrogen) atoms. The van der Waals surface area contributed by atoms with Gasteiger partial charge in [0.1, 0.15) is 11.5 Å². The van der Waals surface area contributed by atoms with Crippen LogP contribution < -0.4 is 4.74 Å². The Kier molecular flexibility index (Phi) is 3.14. The lowest BCUT2D eigenvalue weighted by molar-refractivity contribution is 0.112. The number of halogens is 2. The zero-order chi connectivity index (χ0) is 12.3. The van der Waals surface area contributed by atoms with Gasteiger partial charge < -0.3 is 4.74 Å². The summed E-state index contributed by atoms with van der Waals surface area (Å²) >= 11 is 0. The van der Waals surface area contributed by atoms with Crippen molar-refractivity contribution in [2.45, 2.75) is 0 Å². The van der Waals surface area contributed by atoms with E-state index in [1.54, 1.807) is 30.3 Å². The van der Waals surface area contributed by atoms with Crippen LogP contribution in [0.4, 0.5) is 8.78 Å². The van der Waals surface area contributed by atoms with Crippen LogP contribution in [0, 0.1) is 11.6 Å². The van der Waals surface area contributed by atoms with Crippen LogP contribution in [-0.2, 0) is 0 Å². The van der Waals surface area contributed by atoms with Crippen molar-refractivity contribution in [3.05, 3.63) is 59.7 Å². The van der Waals surface area contributed by atoms with E-state index in [9.17, 15) is 13.6 Å². The van der Waals surface area contributed by atoms with Crippen LogP contribution in [0.3, 0.4) is 0 Å². The van der Waals surface area contributed by atoms with Crippen LogP contribution in [0.25, 0.3) is 0 Å². The fourth-order valence-corrected chi connectivity index (χ4v) is 1.34. The highest BCUT2D eigenvalue weighted by Gasteiger charge is 2.11. The van der Waals surface area contributed by atoms with Gasteiger partial charge in [0.05, 0.1) is 5.56 Å². The van der Waals surface area contributed by atoms with Gasteiger partial charge in [0.25, 0.3) is 0 Å². The Morgan fingerprint density at radius 3 is 2.29 bits per heavy atom. The van der Waals surface area contributed by atoms with Crippen LogP contribution in [0.1, 0.15) is 10.4 Å². The molecule has 86 valence electrons. The summed E-state index contributed by atoms with van der Waals surface area (Å²) in [5, 5.41) is 0. The fourth-order valence-electron chi connectivity index (χ4n) is 1.34. The maximum Gasteiger partial charge on any atom is 0.162 e. The molecule has 0 heterocycles. The highest BCUT2D eigenvalue weighted by atomic mass is 19.2. The Hall–Kier alpha value is -2.23. The van der Waals surface area contributed by atoms with Crippen molar-refractivity contribution in [1.82, 2.24) is 0 Å².